The van der Waals surface area contributed by atoms with Crippen molar-refractivity contribution in [3.05, 3.63) is 168 Å². The molecule has 11 rings (SSSR count). The summed E-state index contributed by atoms with van der Waals surface area (Å²) in [6.07, 6.45) is 4.58. The van der Waals surface area contributed by atoms with Gasteiger partial charge in [-0.15, -0.1) is 22.7 Å². The van der Waals surface area contributed by atoms with E-state index in [-0.39, 0.29) is 0 Å². The molecule has 11 aromatic rings. The first kappa shape index (κ1) is 31.5. The van der Waals surface area contributed by atoms with E-state index in [9.17, 15) is 0 Å². The fraction of sp³-hybridized carbons (Fsp3) is 0.0385. The minimum atomic E-state index is 1.23. The van der Waals surface area contributed by atoms with Crippen molar-refractivity contribution < 1.29 is 0 Å². The summed E-state index contributed by atoms with van der Waals surface area (Å²) < 4.78 is 5.42. The Bertz CT molecular complexity index is 3450. The minimum Gasteiger partial charge on any atom is -0.135 e. The molecule has 0 aliphatic rings. The maximum Gasteiger partial charge on any atom is 0.0434 e. The Balaban J connectivity index is 1.04. The number of fused-ring (bicyclic) bond motifs is 11. The summed E-state index contributed by atoms with van der Waals surface area (Å²) in [5.74, 6) is 0. The maximum atomic E-state index is 2.40. The van der Waals surface area contributed by atoms with E-state index in [0.29, 0.717) is 0 Å². The average Bonchev–Trinajstić information content (AvgIpc) is 3.81. The molecule has 0 aliphatic carbocycles. The van der Waals surface area contributed by atoms with Gasteiger partial charge in [-0.05, 0) is 115 Å². The van der Waals surface area contributed by atoms with Crippen molar-refractivity contribution in [2.75, 3.05) is 0 Å². The van der Waals surface area contributed by atoms with Crippen LogP contribution in [0.5, 0.6) is 0 Å². The number of hydrogen-bond donors (Lipinski definition) is 0. The van der Waals surface area contributed by atoms with Crippen molar-refractivity contribution in [1.29, 1.82) is 0 Å². The smallest absolute Gasteiger partial charge is 0.0434 e. The zero-order valence-corrected chi connectivity index (χ0v) is 31.6. The zero-order valence-electron chi connectivity index (χ0n) is 30.0. The summed E-state index contributed by atoms with van der Waals surface area (Å²) in [7, 11) is 0. The highest BCUT2D eigenvalue weighted by Gasteiger charge is 2.17. The number of thiophene rings is 2. The van der Waals surface area contributed by atoms with Gasteiger partial charge in [-0.2, -0.15) is 0 Å². The van der Waals surface area contributed by atoms with Crippen LogP contribution in [0.2, 0.25) is 0 Å². The van der Waals surface area contributed by atoms with Gasteiger partial charge >= 0.3 is 0 Å². The summed E-state index contributed by atoms with van der Waals surface area (Å²) in [5, 5.41) is 15.7. The summed E-state index contributed by atoms with van der Waals surface area (Å²) in [4.78, 5) is 0. The highest BCUT2D eigenvalue weighted by molar-refractivity contribution is 7.27. The first-order valence-corrected chi connectivity index (χ1v) is 20.3. The molecule has 0 nitrogen and oxygen atoms in total. The molecule has 0 aliphatic heterocycles. The van der Waals surface area contributed by atoms with E-state index in [4.69, 9.17) is 0 Å². The standard InChI is InChI=1S/C52H34S2/c1-3-37-38(4-2)50(36-22-19-31-11-5-6-12-34(31)29-36)40-14-8-7-13-39(40)49(37)33-20-17-32(18-21-33)35-23-27-47-45(30-35)43-25-24-41-42(52(43)54-47)26-28-48-51(41)44-15-9-10-16-46(44)53-48/h3-30H,1-2H3/b37-3+,38-4+. The molecule has 0 atom stereocenters. The quantitative estimate of drug-likeness (QED) is 0.170. The van der Waals surface area contributed by atoms with E-state index in [1.54, 1.807) is 0 Å². The van der Waals surface area contributed by atoms with Gasteiger partial charge < -0.3 is 0 Å². The van der Waals surface area contributed by atoms with Gasteiger partial charge in [0.2, 0.25) is 0 Å². The van der Waals surface area contributed by atoms with Crippen LogP contribution in [-0.2, 0) is 0 Å². The largest absolute Gasteiger partial charge is 0.135 e. The molecule has 0 N–H and O–H groups in total. The Labute approximate surface area is 321 Å². The lowest BCUT2D eigenvalue weighted by Gasteiger charge is -2.16. The summed E-state index contributed by atoms with van der Waals surface area (Å²) in [5.41, 5.74) is 7.54. The third kappa shape index (κ3) is 4.67. The van der Waals surface area contributed by atoms with Crippen molar-refractivity contribution in [2.24, 2.45) is 0 Å². The Hall–Kier alpha value is -6.06. The fourth-order valence-corrected chi connectivity index (χ4v) is 11.2. The lowest BCUT2D eigenvalue weighted by molar-refractivity contribution is 1.50. The Morgan fingerprint density at radius 2 is 0.907 bits per heavy atom. The molecule has 0 bridgehead atoms. The van der Waals surface area contributed by atoms with Gasteiger partial charge in [0.1, 0.15) is 0 Å². The topological polar surface area (TPSA) is 0 Å². The maximum absolute atomic E-state index is 2.40. The van der Waals surface area contributed by atoms with Crippen LogP contribution >= 0.6 is 22.7 Å². The van der Waals surface area contributed by atoms with Crippen molar-refractivity contribution >= 4 is 107 Å². The van der Waals surface area contributed by atoms with E-state index in [0.717, 1.165) is 0 Å². The van der Waals surface area contributed by atoms with Crippen LogP contribution in [0.1, 0.15) is 13.8 Å². The molecule has 0 amide bonds. The van der Waals surface area contributed by atoms with E-state index in [1.807, 2.05) is 22.7 Å². The van der Waals surface area contributed by atoms with Crippen LogP contribution in [0, 0.1) is 0 Å². The molecule has 2 aromatic heterocycles. The van der Waals surface area contributed by atoms with Gasteiger partial charge in [-0.3, -0.25) is 0 Å². The first-order chi connectivity index (χ1) is 26.7. The molecule has 2 heterocycles. The molecule has 0 radical (unpaired) electrons. The molecule has 0 spiro atoms. The average molecular weight is 723 g/mol. The molecule has 2 heteroatoms. The summed E-state index contributed by atoms with van der Waals surface area (Å²) in [6, 6.07) is 58.9. The zero-order chi connectivity index (χ0) is 35.9. The van der Waals surface area contributed by atoms with Crippen LogP contribution in [-0.4, -0.2) is 0 Å². The van der Waals surface area contributed by atoms with Crippen LogP contribution in [0.3, 0.4) is 0 Å². The van der Waals surface area contributed by atoms with E-state index < -0.39 is 0 Å². The molecule has 0 saturated heterocycles. The van der Waals surface area contributed by atoms with Crippen LogP contribution in [0.15, 0.2) is 158 Å². The van der Waals surface area contributed by atoms with Gasteiger partial charge in [-0.25, -0.2) is 0 Å². The van der Waals surface area contributed by atoms with Gasteiger partial charge in [0, 0.05) is 45.7 Å². The molecule has 0 fully saturated rings. The molecule has 9 aromatic carbocycles. The van der Waals surface area contributed by atoms with Gasteiger partial charge in [0.15, 0.2) is 0 Å². The Kier molecular flexibility index (Phi) is 7.14. The molecule has 54 heavy (non-hydrogen) atoms. The second kappa shape index (κ2) is 12.2. The number of benzene rings is 9. The minimum absolute atomic E-state index is 1.23. The van der Waals surface area contributed by atoms with Crippen LogP contribution in [0.4, 0.5) is 0 Å². The lowest BCUT2D eigenvalue weighted by atomic mass is 9.87. The molecular formula is C52H34S2. The second-order valence-corrected chi connectivity index (χ2v) is 16.4. The SMILES string of the molecule is C/C=c1/c(-c2ccc(-c3ccc4sc5c(ccc6c5ccc5sc7ccccc7c56)c4c3)cc2)c2ccccc2c(-c2ccc3ccccc3c2)/c1=C/C. The van der Waals surface area contributed by atoms with Crippen LogP contribution < -0.4 is 10.4 Å². The second-order valence-electron chi connectivity index (χ2n) is 14.2. The van der Waals surface area contributed by atoms with Crippen molar-refractivity contribution in [2.45, 2.75) is 13.8 Å². The van der Waals surface area contributed by atoms with E-state index in [2.05, 4.69) is 184 Å². The molecule has 0 saturated carbocycles. The van der Waals surface area contributed by atoms with Gasteiger partial charge in [0.05, 0.1) is 0 Å². The Morgan fingerprint density at radius 1 is 0.352 bits per heavy atom. The first-order valence-electron chi connectivity index (χ1n) is 18.6. The van der Waals surface area contributed by atoms with Gasteiger partial charge in [-0.1, -0.05) is 140 Å². The number of rotatable bonds is 3. The predicted octanol–water partition coefficient (Wildman–Crippen LogP) is 14.5. The third-order valence-electron chi connectivity index (χ3n) is 11.4. The van der Waals surface area contributed by atoms with E-state index >= 15 is 0 Å². The summed E-state index contributed by atoms with van der Waals surface area (Å²) in [6.45, 7) is 4.35. The normalized spacial score (nSPS) is 12.9. The van der Waals surface area contributed by atoms with Crippen molar-refractivity contribution in [1.82, 2.24) is 0 Å². The van der Waals surface area contributed by atoms with Gasteiger partial charge in [0.25, 0.3) is 0 Å². The summed E-state index contributed by atoms with van der Waals surface area (Å²) >= 11 is 3.81. The highest BCUT2D eigenvalue weighted by atomic mass is 32.1. The third-order valence-corrected chi connectivity index (χ3v) is 13.7. The predicted molar refractivity (Wildman–Crippen MR) is 241 cm³/mol. The lowest BCUT2D eigenvalue weighted by Crippen LogP contribution is -2.29. The molecular weight excluding hydrogens is 689 g/mol. The monoisotopic (exact) mass is 722 g/mol. The van der Waals surface area contributed by atoms with Crippen LogP contribution in [0.25, 0.3) is 118 Å². The van der Waals surface area contributed by atoms with Crippen molar-refractivity contribution in [3.63, 3.8) is 0 Å². The Morgan fingerprint density at radius 3 is 1.69 bits per heavy atom. The molecule has 254 valence electrons. The van der Waals surface area contributed by atoms with Crippen molar-refractivity contribution in [3.8, 4) is 33.4 Å². The molecule has 0 unspecified atom stereocenters. The highest BCUT2D eigenvalue weighted by Crippen LogP contribution is 2.45. The number of hydrogen-bond acceptors (Lipinski definition) is 2. The van der Waals surface area contributed by atoms with E-state index in [1.165, 1.54) is 116 Å². The fourth-order valence-electron chi connectivity index (χ4n) is 8.92.